The van der Waals surface area contributed by atoms with Gasteiger partial charge in [0.2, 0.25) is 0 Å². The molecule has 0 radical (unpaired) electrons. The van der Waals surface area contributed by atoms with E-state index in [1.54, 1.807) is 38.0 Å². The van der Waals surface area contributed by atoms with E-state index in [9.17, 15) is 0 Å². The van der Waals surface area contributed by atoms with Gasteiger partial charge in [-0.2, -0.15) is 25.3 Å². The molecule has 0 fully saturated rings. The molecule has 11 heteroatoms. The molecule has 4 heterocycles. The first kappa shape index (κ1) is 47.4. The standard InChI is InChI=1S/C22H32N2O2S2.2C10H12N2.Ru/c27-15-7-3-1-5-13-25-19-9-11-23-21(17-19)22-18-20(10-12-24-22)26-14-6-2-4-8-16-28;1-3-6-9(11-2)10-7-4-5-8-12-10;1-3-9(11-4-2)10-7-5-6-8-12-10;/h9-12,17-18,27-28H,1-8,13-16H2;2*3-8H,1-2H3;/b;6-3-,11-9?;9-3-,11-4?;. The molecule has 0 aliphatic heterocycles. The summed E-state index contributed by atoms with van der Waals surface area (Å²) in [7, 11) is 1.77. The van der Waals surface area contributed by atoms with E-state index in [-0.39, 0.29) is 19.5 Å². The number of ether oxygens (including phenoxy) is 2. The van der Waals surface area contributed by atoms with Crippen LogP contribution in [-0.2, 0) is 19.5 Å². The minimum Gasteiger partial charge on any atom is -0.493 e. The van der Waals surface area contributed by atoms with Gasteiger partial charge in [0.05, 0.1) is 47.4 Å². The monoisotopic (exact) mass is 842 g/mol. The van der Waals surface area contributed by atoms with Gasteiger partial charge in [0.15, 0.2) is 0 Å². The van der Waals surface area contributed by atoms with Crippen molar-refractivity contribution in [1.29, 1.82) is 0 Å². The molecule has 0 bridgehead atoms. The Kier molecular flexibility index (Phi) is 28.4. The molecule has 0 aliphatic carbocycles. The molecule has 0 spiro atoms. The number of aromatic nitrogens is 4. The predicted molar refractivity (Wildman–Crippen MR) is 227 cm³/mol. The second kappa shape index (κ2) is 31.8. The first-order valence-electron chi connectivity index (χ1n) is 18.1. The average molecular weight is 842 g/mol. The Labute approximate surface area is 341 Å². The normalized spacial score (nSPS) is 11.3. The molecule has 8 nitrogen and oxygen atoms in total. The molecule has 0 N–H and O–H groups in total. The summed E-state index contributed by atoms with van der Waals surface area (Å²) in [5, 5.41) is 0. The van der Waals surface area contributed by atoms with Gasteiger partial charge in [0.25, 0.3) is 0 Å². The first-order chi connectivity index (χ1) is 25.6. The summed E-state index contributed by atoms with van der Waals surface area (Å²) in [6, 6.07) is 19.3. The van der Waals surface area contributed by atoms with E-state index in [0.29, 0.717) is 0 Å². The Bertz CT molecular complexity index is 1500. The van der Waals surface area contributed by atoms with Crippen molar-refractivity contribution in [3.63, 3.8) is 0 Å². The SMILES string of the molecule is C/C=C\C(=NC)c1ccccn1.CC=N/C(=C\C)c1ccccn1.SCCCCCCOc1ccnc(-c2cc(OCCCCCCS)ccn2)c1.[Ru]. The minimum atomic E-state index is 0. The van der Waals surface area contributed by atoms with Crippen molar-refractivity contribution in [3.8, 4) is 22.9 Å². The van der Waals surface area contributed by atoms with E-state index in [4.69, 9.17) is 9.47 Å². The first-order valence-corrected chi connectivity index (χ1v) is 19.3. The van der Waals surface area contributed by atoms with Crippen LogP contribution in [0.3, 0.4) is 0 Å². The van der Waals surface area contributed by atoms with Crippen LogP contribution in [0.25, 0.3) is 17.1 Å². The van der Waals surface area contributed by atoms with Gasteiger partial charge in [0, 0.05) is 69.7 Å². The fourth-order valence-electron chi connectivity index (χ4n) is 4.69. The number of thiol groups is 2. The number of hydrogen-bond donors (Lipinski definition) is 2. The zero-order valence-electron chi connectivity index (χ0n) is 31.6. The smallest absolute Gasteiger partial charge is 0.123 e. The van der Waals surface area contributed by atoms with Crippen LogP contribution >= 0.6 is 25.3 Å². The van der Waals surface area contributed by atoms with Crippen molar-refractivity contribution >= 4 is 42.9 Å². The number of rotatable bonds is 19. The maximum atomic E-state index is 5.87. The van der Waals surface area contributed by atoms with Crippen LogP contribution in [0, 0.1) is 0 Å². The maximum absolute atomic E-state index is 5.87. The molecule has 0 aromatic carbocycles. The third kappa shape index (κ3) is 21.0. The molecule has 4 rings (SSSR count). The average Bonchev–Trinajstić information content (AvgIpc) is 3.20. The number of nitrogens with zero attached hydrogens (tertiary/aromatic N) is 6. The van der Waals surface area contributed by atoms with Crippen LogP contribution in [-0.4, -0.2) is 63.6 Å². The van der Waals surface area contributed by atoms with Crippen molar-refractivity contribution in [2.45, 2.75) is 72.1 Å². The summed E-state index contributed by atoms with van der Waals surface area (Å²) < 4.78 is 11.7. The van der Waals surface area contributed by atoms with Crippen LogP contribution in [0.15, 0.2) is 114 Å². The third-order valence-corrected chi connectivity index (χ3v) is 7.96. The van der Waals surface area contributed by atoms with Crippen molar-refractivity contribution in [2.75, 3.05) is 31.8 Å². The summed E-state index contributed by atoms with van der Waals surface area (Å²) in [6.07, 6.45) is 23.9. The fraction of sp³-hybridized carbons (Fsp3) is 0.381. The van der Waals surface area contributed by atoms with E-state index in [0.717, 1.165) is 83.2 Å². The van der Waals surface area contributed by atoms with Gasteiger partial charge in [-0.15, -0.1) is 0 Å². The van der Waals surface area contributed by atoms with Gasteiger partial charge < -0.3 is 9.47 Å². The minimum absolute atomic E-state index is 0. The molecule has 4 aromatic rings. The summed E-state index contributed by atoms with van der Waals surface area (Å²) in [4.78, 5) is 25.5. The molecule has 0 saturated carbocycles. The van der Waals surface area contributed by atoms with Gasteiger partial charge in [-0.1, -0.05) is 50.0 Å². The number of allylic oxidation sites excluding steroid dienone is 3. The Morgan fingerprint density at radius 1 is 0.642 bits per heavy atom. The molecule has 0 saturated heterocycles. The molecule has 0 unspecified atom stereocenters. The molecule has 0 atom stereocenters. The molecular formula is C42H56N6O2RuS2. The molecule has 286 valence electrons. The third-order valence-electron chi connectivity index (χ3n) is 7.33. The fourth-order valence-corrected chi connectivity index (χ4v) is 5.13. The second-order valence-corrected chi connectivity index (χ2v) is 12.2. The van der Waals surface area contributed by atoms with E-state index < -0.39 is 0 Å². The topological polar surface area (TPSA) is 94.7 Å². The molecule has 0 aliphatic rings. The number of pyridine rings is 4. The zero-order valence-corrected chi connectivity index (χ0v) is 35.2. The van der Waals surface area contributed by atoms with E-state index in [2.05, 4.69) is 55.2 Å². The van der Waals surface area contributed by atoms with Gasteiger partial charge in [-0.3, -0.25) is 29.9 Å². The number of hydrogen-bond acceptors (Lipinski definition) is 10. The van der Waals surface area contributed by atoms with Crippen LogP contribution in [0.4, 0.5) is 0 Å². The zero-order chi connectivity index (χ0) is 37.5. The van der Waals surface area contributed by atoms with Crippen molar-refractivity contribution in [2.24, 2.45) is 9.98 Å². The quantitative estimate of drug-likeness (QED) is 0.0423. The Hall–Kier alpha value is -3.66. The number of aliphatic imine (C=N–C) groups is 2. The van der Waals surface area contributed by atoms with Crippen LogP contribution < -0.4 is 9.47 Å². The van der Waals surface area contributed by atoms with Gasteiger partial charge in [0.1, 0.15) is 11.5 Å². The Morgan fingerprint density at radius 2 is 1.15 bits per heavy atom. The van der Waals surface area contributed by atoms with E-state index in [1.165, 1.54) is 38.5 Å². The maximum Gasteiger partial charge on any atom is 0.123 e. The summed E-state index contributed by atoms with van der Waals surface area (Å²) in [5.41, 5.74) is 5.26. The molecule has 0 amide bonds. The summed E-state index contributed by atoms with van der Waals surface area (Å²) in [5.74, 6) is 3.58. The summed E-state index contributed by atoms with van der Waals surface area (Å²) in [6.45, 7) is 7.26. The van der Waals surface area contributed by atoms with Crippen molar-refractivity contribution in [3.05, 3.63) is 115 Å². The van der Waals surface area contributed by atoms with Crippen molar-refractivity contribution in [1.82, 2.24) is 19.9 Å². The van der Waals surface area contributed by atoms with Crippen molar-refractivity contribution < 1.29 is 29.0 Å². The Morgan fingerprint density at radius 3 is 1.57 bits per heavy atom. The van der Waals surface area contributed by atoms with Gasteiger partial charge in [-0.05, 0) is 100 Å². The van der Waals surface area contributed by atoms with E-state index in [1.807, 2.05) is 99.7 Å². The van der Waals surface area contributed by atoms with Crippen LogP contribution in [0.5, 0.6) is 11.5 Å². The van der Waals surface area contributed by atoms with Gasteiger partial charge in [-0.25, -0.2) is 0 Å². The Balaban J connectivity index is 0.000000463. The molecule has 53 heavy (non-hydrogen) atoms. The summed E-state index contributed by atoms with van der Waals surface area (Å²) >= 11 is 8.47. The predicted octanol–water partition coefficient (Wildman–Crippen LogP) is 10.5. The molecular weight excluding hydrogens is 786 g/mol. The van der Waals surface area contributed by atoms with Gasteiger partial charge >= 0.3 is 0 Å². The van der Waals surface area contributed by atoms with Crippen LogP contribution in [0.2, 0.25) is 0 Å². The number of unbranched alkanes of at least 4 members (excludes halogenated alkanes) is 6. The largest absolute Gasteiger partial charge is 0.493 e. The van der Waals surface area contributed by atoms with E-state index >= 15 is 0 Å². The van der Waals surface area contributed by atoms with Crippen LogP contribution in [0.1, 0.15) is 83.5 Å². The molecule has 4 aromatic heterocycles. The second-order valence-electron chi connectivity index (χ2n) is 11.3.